The molecule has 0 aromatic carbocycles. The predicted octanol–water partition coefficient (Wildman–Crippen LogP) is 1.65. The SMILES string of the molecule is CCSC(C)N(C)C. The van der Waals surface area contributed by atoms with Gasteiger partial charge in [0.05, 0.1) is 5.37 Å². The summed E-state index contributed by atoms with van der Waals surface area (Å²) in [4.78, 5) is 2.22. The molecule has 1 nitrogen and oxygen atoms in total. The Morgan fingerprint density at radius 1 is 1.50 bits per heavy atom. The third kappa shape index (κ3) is 3.33. The van der Waals surface area contributed by atoms with Crippen molar-refractivity contribution in [2.24, 2.45) is 0 Å². The maximum atomic E-state index is 2.22. The molecule has 1 atom stereocenters. The molecular formula is C6H15NS. The van der Waals surface area contributed by atoms with Crippen molar-refractivity contribution in [2.45, 2.75) is 19.2 Å². The van der Waals surface area contributed by atoms with Crippen molar-refractivity contribution in [3.05, 3.63) is 0 Å². The van der Waals surface area contributed by atoms with Gasteiger partial charge in [0.2, 0.25) is 0 Å². The first kappa shape index (κ1) is 8.31. The minimum atomic E-state index is 0.667. The molecule has 0 aliphatic rings. The van der Waals surface area contributed by atoms with Crippen LogP contribution in [0.1, 0.15) is 13.8 Å². The van der Waals surface area contributed by atoms with E-state index in [-0.39, 0.29) is 0 Å². The predicted molar refractivity (Wildman–Crippen MR) is 41.3 cm³/mol. The van der Waals surface area contributed by atoms with Crippen molar-refractivity contribution < 1.29 is 0 Å². The number of hydrogen-bond donors (Lipinski definition) is 0. The molecule has 0 aromatic heterocycles. The van der Waals surface area contributed by atoms with E-state index in [1.54, 1.807) is 0 Å². The molecule has 0 aliphatic carbocycles. The van der Waals surface area contributed by atoms with E-state index in [0.717, 1.165) is 0 Å². The van der Waals surface area contributed by atoms with Gasteiger partial charge in [-0.1, -0.05) is 6.92 Å². The topological polar surface area (TPSA) is 3.24 Å². The van der Waals surface area contributed by atoms with Gasteiger partial charge in [-0.3, -0.25) is 4.90 Å². The molecule has 8 heavy (non-hydrogen) atoms. The van der Waals surface area contributed by atoms with E-state index in [9.17, 15) is 0 Å². The van der Waals surface area contributed by atoms with Crippen molar-refractivity contribution in [1.29, 1.82) is 0 Å². The van der Waals surface area contributed by atoms with E-state index in [1.807, 2.05) is 11.8 Å². The Bertz CT molecular complexity index is 54.5. The summed E-state index contributed by atoms with van der Waals surface area (Å²) in [6.45, 7) is 4.40. The minimum Gasteiger partial charge on any atom is -0.298 e. The summed E-state index contributed by atoms with van der Waals surface area (Å²) in [5, 5.41) is 0.667. The highest BCUT2D eigenvalue weighted by molar-refractivity contribution is 7.99. The maximum Gasteiger partial charge on any atom is 0.0523 e. The van der Waals surface area contributed by atoms with Gasteiger partial charge in [-0.25, -0.2) is 0 Å². The molecule has 50 valence electrons. The van der Waals surface area contributed by atoms with Gasteiger partial charge >= 0.3 is 0 Å². The Balaban J connectivity index is 3.17. The lowest BCUT2D eigenvalue weighted by Gasteiger charge is -2.17. The lowest BCUT2D eigenvalue weighted by molar-refractivity contribution is 0.402. The second-order valence-electron chi connectivity index (χ2n) is 2.02. The quantitative estimate of drug-likeness (QED) is 0.538. The van der Waals surface area contributed by atoms with Crippen LogP contribution in [-0.2, 0) is 0 Å². The van der Waals surface area contributed by atoms with E-state index in [0.29, 0.717) is 5.37 Å². The Labute approximate surface area is 56.4 Å². The van der Waals surface area contributed by atoms with Crippen molar-refractivity contribution >= 4 is 11.8 Å². The van der Waals surface area contributed by atoms with Gasteiger partial charge in [-0.2, -0.15) is 0 Å². The second kappa shape index (κ2) is 4.21. The van der Waals surface area contributed by atoms with E-state index in [1.165, 1.54) is 5.75 Å². The fraction of sp³-hybridized carbons (Fsp3) is 1.00. The van der Waals surface area contributed by atoms with Crippen molar-refractivity contribution in [3.8, 4) is 0 Å². The first-order valence-corrected chi connectivity index (χ1v) is 4.01. The van der Waals surface area contributed by atoms with Crippen LogP contribution < -0.4 is 0 Å². The minimum absolute atomic E-state index is 0.667. The van der Waals surface area contributed by atoms with E-state index >= 15 is 0 Å². The highest BCUT2D eigenvalue weighted by atomic mass is 32.2. The summed E-state index contributed by atoms with van der Waals surface area (Å²) in [7, 11) is 4.21. The van der Waals surface area contributed by atoms with Gasteiger partial charge in [-0.15, -0.1) is 11.8 Å². The summed E-state index contributed by atoms with van der Waals surface area (Å²) in [5.41, 5.74) is 0. The molecule has 0 saturated carbocycles. The lowest BCUT2D eigenvalue weighted by Crippen LogP contribution is -2.21. The van der Waals surface area contributed by atoms with Gasteiger partial charge < -0.3 is 0 Å². The van der Waals surface area contributed by atoms with Gasteiger partial charge in [-0.05, 0) is 26.8 Å². The molecular weight excluding hydrogens is 118 g/mol. The molecule has 0 saturated heterocycles. The smallest absolute Gasteiger partial charge is 0.0523 e. The van der Waals surface area contributed by atoms with Crippen LogP contribution in [0, 0.1) is 0 Å². The Kier molecular flexibility index (Phi) is 4.38. The molecule has 0 radical (unpaired) electrons. The van der Waals surface area contributed by atoms with Gasteiger partial charge in [0, 0.05) is 0 Å². The van der Waals surface area contributed by atoms with Gasteiger partial charge in [0.25, 0.3) is 0 Å². The Morgan fingerprint density at radius 2 is 2.00 bits per heavy atom. The van der Waals surface area contributed by atoms with E-state index < -0.39 is 0 Å². The highest BCUT2D eigenvalue weighted by Gasteiger charge is 2.00. The summed E-state index contributed by atoms with van der Waals surface area (Å²) in [6, 6.07) is 0. The monoisotopic (exact) mass is 133 g/mol. The van der Waals surface area contributed by atoms with Crippen molar-refractivity contribution in [2.75, 3.05) is 19.8 Å². The van der Waals surface area contributed by atoms with Gasteiger partial charge in [0.15, 0.2) is 0 Å². The normalized spacial score (nSPS) is 14.6. The Hall–Kier alpha value is 0.310. The summed E-state index contributed by atoms with van der Waals surface area (Å²) < 4.78 is 0. The van der Waals surface area contributed by atoms with E-state index in [4.69, 9.17) is 0 Å². The molecule has 0 bridgehead atoms. The summed E-state index contributed by atoms with van der Waals surface area (Å²) >= 11 is 1.97. The van der Waals surface area contributed by atoms with Crippen LogP contribution in [-0.4, -0.2) is 30.1 Å². The highest BCUT2D eigenvalue weighted by Crippen LogP contribution is 2.10. The lowest BCUT2D eigenvalue weighted by atomic mass is 10.7. The largest absolute Gasteiger partial charge is 0.298 e. The standard InChI is InChI=1S/C6H15NS/c1-5-8-6(2)7(3)4/h6H,5H2,1-4H3. The fourth-order valence-electron chi connectivity index (χ4n) is 0.390. The summed E-state index contributed by atoms with van der Waals surface area (Å²) in [5.74, 6) is 1.21. The second-order valence-corrected chi connectivity index (χ2v) is 3.61. The fourth-order valence-corrected chi connectivity index (χ4v) is 1.17. The van der Waals surface area contributed by atoms with Crippen molar-refractivity contribution in [1.82, 2.24) is 4.90 Å². The molecule has 0 heterocycles. The molecule has 2 heteroatoms. The zero-order valence-electron chi connectivity index (χ0n) is 6.14. The number of nitrogens with zero attached hydrogens (tertiary/aromatic N) is 1. The first-order valence-electron chi connectivity index (χ1n) is 2.96. The molecule has 0 N–H and O–H groups in total. The molecule has 0 amide bonds. The van der Waals surface area contributed by atoms with Crippen LogP contribution in [0.15, 0.2) is 0 Å². The number of hydrogen-bond acceptors (Lipinski definition) is 2. The van der Waals surface area contributed by atoms with Crippen LogP contribution in [0.2, 0.25) is 0 Å². The molecule has 0 aromatic rings. The molecule has 1 unspecified atom stereocenters. The van der Waals surface area contributed by atoms with Crippen LogP contribution in [0.4, 0.5) is 0 Å². The molecule has 0 spiro atoms. The van der Waals surface area contributed by atoms with E-state index in [2.05, 4.69) is 32.8 Å². The zero-order chi connectivity index (χ0) is 6.57. The number of rotatable bonds is 3. The third-order valence-corrected chi connectivity index (χ3v) is 2.37. The average molecular weight is 133 g/mol. The molecule has 0 fully saturated rings. The Morgan fingerprint density at radius 3 is 2.12 bits per heavy atom. The van der Waals surface area contributed by atoms with Crippen LogP contribution in [0.3, 0.4) is 0 Å². The molecule has 0 rings (SSSR count). The van der Waals surface area contributed by atoms with Crippen LogP contribution in [0.25, 0.3) is 0 Å². The average Bonchev–Trinajstić information content (AvgIpc) is 1.67. The summed E-state index contributed by atoms with van der Waals surface area (Å²) in [6.07, 6.45) is 0. The first-order chi connectivity index (χ1) is 3.68. The van der Waals surface area contributed by atoms with Crippen LogP contribution in [0.5, 0.6) is 0 Å². The van der Waals surface area contributed by atoms with Crippen molar-refractivity contribution in [3.63, 3.8) is 0 Å². The van der Waals surface area contributed by atoms with Gasteiger partial charge in [0.1, 0.15) is 0 Å². The number of thioether (sulfide) groups is 1. The molecule has 0 aliphatic heterocycles. The van der Waals surface area contributed by atoms with Crippen LogP contribution >= 0.6 is 11.8 Å². The maximum absolute atomic E-state index is 2.22. The zero-order valence-corrected chi connectivity index (χ0v) is 6.96. The third-order valence-electron chi connectivity index (χ3n) is 1.14.